The molecule has 0 bridgehead atoms. The summed E-state index contributed by atoms with van der Waals surface area (Å²) in [7, 11) is -7.37. The van der Waals surface area contributed by atoms with Gasteiger partial charge in [0.15, 0.2) is 9.84 Å². The van der Waals surface area contributed by atoms with E-state index >= 15 is 0 Å². The van der Waals surface area contributed by atoms with Gasteiger partial charge in [0.2, 0.25) is 0 Å². The summed E-state index contributed by atoms with van der Waals surface area (Å²) in [6.45, 7) is 1.94. The minimum atomic E-state index is -3.94. The van der Waals surface area contributed by atoms with Crippen LogP contribution in [0.25, 0.3) is 10.1 Å². The normalized spacial score (nSPS) is 15.1. The van der Waals surface area contributed by atoms with Crippen LogP contribution < -0.4 is 4.72 Å². The molecule has 1 fully saturated rings. The third kappa shape index (κ3) is 4.62. The van der Waals surface area contributed by atoms with Crippen molar-refractivity contribution in [1.82, 2.24) is 4.90 Å². The number of carbonyl (C=O) groups excluding carboxylic acids is 1. The minimum Gasteiger partial charge on any atom is -0.378 e. The van der Waals surface area contributed by atoms with Crippen molar-refractivity contribution in [3.05, 3.63) is 52.4 Å². The molecular formula is C20H19ClN2O6S3. The maximum Gasteiger partial charge on any atom is 0.265 e. The Morgan fingerprint density at radius 3 is 2.28 bits per heavy atom. The number of anilines is 1. The minimum absolute atomic E-state index is 0.0311. The van der Waals surface area contributed by atoms with Gasteiger partial charge in [-0.25, -0.2) is 16.8 Å². The Bertz CT molecular complexity index is 1390. The van der Waals surface area contributed by atoms with Crippen LogP contribution >= 0.6 is 22.9 Å². The van der Waals surface area contributed by atoms with Gasteiger partial charge in [0.1, 0.15) is 4.88 Å². The number of benzene rings is 2. The molecule has 2 heterocycles. The summed E-state index contributed by atoms with van der Waals surface area (Å²) >= 11 is 7.65. The van der Waals surface area contributed by atoms with Gasteiger partial charge in [0.05, 0.1) is 33.7 Å². The second kappa shape index (κ2) is 8.64. The first-order valence-electron chi connectivity index (χ1n) is 9.48. The predicted molar refractivity (Wildman–Crippen MR) is 124 cm³/mol. The van der Waals surface area contributed by atoms with Crippen LogP contribution in [0.4, 0.5) is 5.69 Å². The third-order valence-corrected chi connectivity index (χ3v) is 9.11. The third-order valence-electron chi connectivity index (χ3n) is 4.94. The molecule has 3 aromatic rings. The van der Waals surface area contributed by atoms with E-state index in [1.165, 1.54) is 35.6 Å². The van der Waals surface area contributed by atoms with Crippen molar-refractivity contribution in [3.63, 3.8) is 0 Å². The summed E-state index contributed by atoms with van der Waals surface area (Å²) < 4.78 is 57.0. The van der Waals surface area contributed by atoms with Gasteiger partial charge in [-0.2, -0.15) is 0 Å². The lowest BCUT2D eigenvalue weighted by molar-refractivity contribution is 0.0306. The van der Waals surface area contributed by atoms with Crippen LogP contribution in [-0.2, 0) is 24.6 Å². The van der Waals surface area contributed by atoms with Crippen molar-refractivity contribution in [2.45, 2.75) is 9.79 Å². The van der Waals surface area contributed by atoms with Gasteiger partial charge in [0.25, 0.3) is 15.9 Å². The van der Waals surface area contributed by atoms with E-state index in [2.05, 4.69) is 4.72 Å². The number of ether oxygens (including phenoxy) is 1. The monoisotopic (exact) mass is 514 g/mol. The van der Waals surface area contributed by atoms with Crippen LogP contribution in [0.2, 0.25) is 5.02 Å². The number of amides is 1. The summed E-state index contributed by atoms with van der Waals surface area (Å²) in [5.74, 6) is -0.174. The Labute approximate surface area is 194 Å². The van der Waals surface area contributed by atoms with E-state index in [-0.39, 0.29) is 15.7 Å². The van der Waals surface area contributed by atoms with E-state index in [0.29, 0.717) is 52.0 Å². The Hall–Kier alpha value is -2.18. The number of rotatable bonds is 5. The fourth-order valence-corrected chi connectivity index (χ4v) is 6.46. The molecule has 1 aliphatic heterocycles. The van der Waals surface area contributed by atoms with Crippen LogP contribution in [0, 0.1) is 0 Å². The molecule has 0 atom stereocenters. The highest BCUT2D eigenvalue weighted by atomic mass is 35.5. The van der Waals surface area contributed by atoms with Gasteiger partial charge in [-0.1, -0.05) is 11.6 Å². The Morgan fingerprint density at radius 2 is 1.66 bits per heavy atom. The molecule has 0 radical (unpaired) electrons. The molecule has 0 saturated carbocycles. The number of carbonyl (C=O) groups is 1. The number of sulfone groups is 1. The van der Waals surface area contributed by atoms with Crippen molar-refractivity contribution in [1.29, 1.82) is 0 Å². The summed E-state index contributed by atoms with van der Waals surface area (Å²) in [6.07, 6.45) is 1.05. The lowest BCUT2D eigenvalue weighted by Gasteiger charge is -2.26. The van der Waals surface area contributed by atoms with Gasteiger partial charge in [0, 0.05) is 29.4 Å². The Morgan fingerprint density at radius 1 is 1.03 bits per heavy atom. The van der Waals surface area contributed by atoms with Gasteiger partial charge >= 0.3 is 0 Å². The van der Waals surface area contributed by atoms with E-state index in [9.17, 15) is 21.6 Å². The number of thiophene rings is 1. The molecule has 0 spiro atoms. The van der Waals surface area contributed by atoms with Crippen molar-refractivity contribution in [2.75, 3.05) is 37.3 Å². The number of halogens is 1. The molecule has 1 aliphatic rings. The number of sulfonamides is 1. The van der Waals surface area contributed by atoms with Crippen LogP contribution in [0.5, 0.6) is 0 Å². The molecule has 170 valence electrons. The van der Waals surface area contributed by atoms with Crippen molar-refractivity contribution < 1.29 is 26.4 Å². The zero-order valence-corrected chi connectivity index (χ0v) is 20.1. The first-order chi connectivity index (χ1) is 15.1. The standard InChI is InChI=1S/C20H19ClN2O6S3/c1-31(25,26)14-3-5-15(6-4-14)32(27,28)22-13-2-7-16-17(12-13)30-19(18(16)21)20(24)23-8-10-29-11-9-23/h2-7,12,22H,8-11H2,1H3. The van der Waals surface area contributed by atoms with Gasteiger partial charge in [-0.05, 0) is 42.5 Å². The number of morpholine rings is 1. The molecule has 0 aliphatic carbocycles. The first-order valence-corrected chi connectivity index (χ1v) is 14.1. The second-order valence-corrected chi connectivity index (χ2v) is 12.3. The maximum atomic E-state index is 12.8. The maximum absolute atomic E-state index is 12.8. The van der Waals surface area contributed by atoms with E-state index in [1.54, 1.807) is 23.1 Å². The van der Waals surface area contributed by atoms with Crippen molar-refractivity contribution in [2.24, 2.45) is 0 Å². The Balaban J connectivity index is 1.60. The quantitative estimate of drug-likeness (QED) is 0.559. The smallest absolute Gasteiger partial charge is 0.265 e. The van der Waals surface area contributed by atoms with E-state index < -0.39 is 19.9 Å². The topological polar surface area (TPSA) is 110 Å². The first kappa shape index (κ1) is 23.0. The van der Waals surface area contributed by atoms with E-state index in [0.717, 1.165) is 6.26 Å². The summed E-state index contributed by atoms with van der Waals surface area (Å²) in [6, 6.07) is 9.80. The summed E-state index contributed by atoms with van der Waals surface area (Å²) in [5, 5.41) is 1.00. The molecule has 2 aromatic carbocycles. The zero-order valence-electron chi connectivity index (χ0n) is 16.9. The van der Waals surface area contributed by atoms with Crippen LogP contribution in [0.3, 0.4) is 0 Å². The zero-order chi connectivity index (χ0) is 23.1. The number of fused-ring (bicyclic) bond motifs is 1. The van der Waals surface area contributed by atoms with Crippen molar-refractivity contribution >= 4 is 64.5 Å². The SMILES string of the molecule is CS(=O)(=O)c1ccc(S(=O)(=O)Nc2ccc3c(Cl)c(C(=O)N4CCOCC4)sc3c2)cc1. The summed E-state index contributed by atoms with van der Waals surface area (Å²) in [4.78, 5) is 14.9. The summed E-state index contributed by atoms with van der Waals surface area (Å²) in [5.41, 5.74) is 0.299. The lowest BCUT2D eigenvalue weighted by Crippen LogP contribution is -2.40. The number of hydrogen-bond donors (Lipinski definition) is 1. The van der Waals surface area contributed by atoms with Gasteiger partial charge in [-0.3, -0.25) is 9.52 Å². The highest BCUT2D eigenvalue weighted by Gasteiger charge is 2.24. The number of nitrogens with one attached hydrogen (secondary N) is 1. The van der Waals surface area contributed by atoms with Crippen LogP contribution in [0.1, 0.15) is 9.67 Å². The average molecular weight is 515 g/mol. The molecule has 1 saturated heterocycles. The molecule has 32 heavy (non-hydrogen) atoms. The molecule has 8 nitrogen and oxygen atoms in total. The lowest BCUT2D eigenvalue weighted by atomic mass is 10.2. The van der Waals surface area contributed by atoms with Crippen molar-refractivity contribution in [3.8, 4) is 0 Å². The van der Waals surface area contributed by atoms with Gasteiger partial charge < -0.3 is 9.64 Å². The highest BCUT2D eigenvalue weighted by molar-refractivity contribution is 7.92. The number of nitrogens with zero attached hydrogens (tertiary/aromatic N) is 1. The average Bonchev–Trinajstić information content (AvgIpc) is 3.09. The fourth-order valence-electron chi connectivity index (χ4n) is 3.26. The highest BCUT2D eigenvalue weighted by Crippen LogP contribution is 2.38. The van der Waals surface area contributed by atoms with Crippen LogP contribution in [0.15, 0.2) is 52.3 Å². The molecule has 1 N–H and O–H groups in total. The largest absolute Gasteiger partial charge is 0.378 e. The Kier molecular flexibility index (Phi) is 6.21. The number of hydrogen-bond acceptors (Lipinski definition) is 7. The molecule has 0 unspecified atom stereocenters. The molecule has 1 aromatic heterocycles. The van der Waals surface area contributed by atoms with Crippen LogP contribution in [-0.4, -0.2) is 60.2 Å². The fraction of sp³-hybridized carbons (Fsp3) is 0.250. The molecule has 4 rings (SSSR count). The predicted octanol–water partition coefficient (Wildman–Crippen LogP) is 3.23. The molecule has 1 amide bonds. The van der Waals surface area contributed by atoms with E-state index in [4.69, 9.17) is 16.3 Å². The van der Waals surface area contributed by atoms with Gasteiger partial charge in [-0.15, -0.1) is 11.3 Å². The van der Waals surface area contributed by atoms with E-state index in [1.807, 2.05) is 0 Å². The molecule has 12 heteroatoms. The molecular weight excluding hydrogens is 496 g/mol. The second-order valence-electron chi connectivity index (χ2n) is 7.21.